The van der Waals surface area contributed by atoms with Crippen molar-refractivity contribution >= 4 is 15.7 Å². The molecule has 0 amide bonds. The lowest BCUT2D eigenvalue weighted by Crippen LogP contribution is -2.19. The van der Waals surface area contributed by atoms with Gasteiger partial charge in [0.15, 0.2) is 0 Å². The molecule has 4 nitrogen and oxygen atoms in total. The van der Waals surface area contributed by atoms with Crippen molar-refractivity contribution in [2.75, 3.05) is 11.9 Å². The Kier molecular flexibility index (Phi) is 2.44. The number of anilines is 1. The van der Waals surface area contributed by atoms with Gasteiger partial charge in [-0.05, 0) is 37.1 Å². The molecule has 0 aliphatic heterocycles. The molecule has 5 heteroatoms. The third-order valence-corrected chi connectivity index (χ3v) is 3.60. The molecule has 0 aromatic heterocycles. The van der Waals surface area contributed by atoms with Crippen molar-refractivity contribution in [2.24, 2.45) is 5.14 Å². The average Bonchev–Trinajstić information content (AvgIpc) is 2.99. The molecule has 0 saturated heterocycles. The van der Waals surface area contributed by atoms with Crippen molar-refractivity contribution in [3.8, 4) is 0 Å². The van der Waals surface area contributed by atoms with Crippen LogP contribution in [0, 0.1) is 0 Å². The van der Waals surface area contributed by atoms with Gasteiger partial charge in [-0.3, -0.25) is 0 Å². The highest BCUT2D eigenvalue weighted by atomic mass is 32.2. The van der Waals surface area contributed by atoms with E-state index in [4.69, 9.17) is 5.14 Å². The number of rotatable bonds is 3. The molecule has 0 spiro atoms. The fourth-order valence-corrected chi connectivity index (χ4v) is 2.06. The second-order valence-corrected chi connectivity index (χ2v) is 5.44. The van der Waals surface area contributed by atoms with Crippen molar-refractivity contribution < 1.29 is 8.42 Å². The van der Waals surface area contributed by atoms with E-state index in [0.29, 0.717) is 6.04 Å². The number of benzene rings is 1. The summed E-state index contributed by atoms with van der Waals surface area (Å²) in [7, 11) is -1.55. The van der Waals surface area contributed by atoms with E-state index in [1.54, 1.807) is 24.3 Å². The first-order valence-corrected chi connectivity index (χ1v) is 6.39. The van der Waals surface area contributed by atoms with E-state index >= 15 is 0 Å². The number of primary sulfonamides is 1. The molecular weight excluding hydrogens is 212 g/mol. The molecular formula is C10H14N2O2S. The maximum Gasteiger partial charge on any atom is 0.238 e. The predicted molar refractivity (Wildman–Crippen MR) is 59.2 cm³/mol. The maximum absolute atomic E-state index is 11.0. The summed E-state index contributed by atoms with van der Waals surface area (Å²) >= 11 is 0. The SMILES string of the molecule is CN(c1ccc(S(N)(=O)=O)cc1)C1CC1. The van der Waals surface area contributed by atoms with Gasteiger partial charge in [-0.25, -0.2) is 13.6 Å². The highest BCUT2D eigenvalue weighted by molar-refractivity contribution is 7.89. The van der Waals surface area contributed by atoms with Crippen LogP contribution in [-0.4, -0.2) is 21.5 Å². The summed E-state index contributed by atoms with van der Waals surface area (Å²) < 4.78 is 22.0. The standard InChI is InChI=1S/C10H14N2O2S/c1-12(8-2-3-8)9-4-6-10(7-5-9)15(11,13)14/h4-8H,2-3H2,1H3,(H2,11,13,14). The molecule has 82 valence electrons. The summed E-state index contributed by atoms with van der Waals surface area (Å²) in [5.41, 5.74) is 1.03. The fourth-order valence-electron chi connectivity index (χ4n) is 1.54. The van der Waals surface area contributed by atoms with E-state index in [0.717, 1.165) is 5.69 Å². The minimum Gasteiger partial charge on any atom is -0.372 e. The second kappa shape index (κ2) is 3.50. The number of sulfonamides is 1. The first-order chi connectivity index (χ1) is 6.98. The van der Waals surface area contributed by atoms with E-state index < -0.39 is 10.0 Å². The third kappa shape index (κ3) is 2.30. The van der Waals surface area contributed by atoms with Crippen LogP contribution < -0.4 is 10.0 Å². The first kappa shape index (κ1) is 10.4. The minimum absolute atomic E-state index is 0.162. The van der Waals surface area contributed by atoms with Crippen LogP contribution in [0.2, 0.25) is 0 Å². The van der Waals surface area contributed by atoms with Crippen molar-refractivity contribution in [3.63, 3.8) is 0 Å². The van der Waals surface area contributed by atoms with Crippen LogP contribution in [0.1, 0.15) is 12.8 Å². The number of hydrogen-bond acceptors (Lipinski definition) is 3. The summed E-state index contributed by atoms with van der Waals surface area (Å²) in [5.74, 6) is 0. The topological polar surface area (TPSA) is 63.4 Å². The van der Waals surface area contributed by atoms with Gasteiger partial charge in [-0.15, -0.1) is 0 Å². The zero-order valence-corrected chi connectivity index (χ0v) is 9.37. The van der Waals surface area contributed by atoms with Crippen LogP contribution in [0.25, 0.3) is 0 Å². The quantitative estimate of drug-likeness (QED) is 0.834. The smallest absolute Gasteiger partial charge is 0.238 e. The highest BCUT2D eigenvalue weighted by Crippen LogP contribution is 2.30. The normalized spacial score (nSPS) is 16.4. The second-order valence-electron chi connectivity index (χ2n) is 3.88. The van der Waals surface area contributed by atoms with Crippen LogP contribution in [-0.2, 0) is 10.0 Å². The molecule has 15 heavy (non-hydrogen) atoms. The Morgan fingerprint density at radius 1 is 1.27 bits per heavy atom. The van der Waals surface area contributed by atoms with Crippen molar-refractivity contribution in [3.05, 3.63) is 24.3 Å². The van der Waals surface area contributed by atoms with Crippen molar-refractivity contribution in [2.45, 2.75) is 23.8 Å². The Labute approximate surface area is 89.7 Å². The van der Waals surface area contributed by atoms with Crippen LogP contribution in [0.15, 0.2) is 29.2 Å². The predicted octanol–water partition coefficient (Wildman–Crippen LogP) is 0.933. The fraction of sp³-hybridized carbons (Fsp3) is 0.400. The van der Waals surface area contributed by atoms with Crippen molar-refractivity contribution in [1.82, 2.24) is 0 Å². The number of hydrogen-bond donors (Lipinski definition) is 1. The Hall–Kier alpha value is -1.07. The number of nitrogens with zero attached hydrogens (tertiary/aromatic N) is 1. The molecule has 0 radical (unpaired) electrons. The minimum atomic E-state index is -3.57. The van der Waals surface area contributed by atoms with E-state index in [9.17, 15) is 8.42 Å². The molecule has 1 aromatic rings. The zero-order valence-electron chi connectivity index (χ0n) is 8.55. The maximum atomic E-state index is 11.0. The summed E-state index contributed by atoms with van der Waals surface area (Å²) in [4.78, 5) is 2.32. The lowest BCUT2D eigenvalue weighted by molar-refractivity contribution is 0.598. The van der Waals surface area contributed by atoms with Gasteiger partial charge in [-0.2, -0.15) is 0 Å². The summed E-state index contributed by atoms with van der Waals surface area (Å²) in [6.45, 7) is 0. The average molecular weight is 226 g/mol. The molecule has 1 aliphatic rings. The molecule has 1 aromatic carbocycles. The van der Waals surface area contributed by atoms with Gasteiger partial charge < -0.3 is 4.90 Å². The van der Waals surface area contributed by atoms with Crippen LogP contribution in [0.3, 0.4) is 0 Å². The van der Waals surface area contributed by atoms with Gasteiger partial charge in [0.25, 0.3) is 0 Å². The summed E-state index contributed by atoms with van der Waals surface area (Å²) in [6, 6.07) is 7.29. The van der Waals surface area contributed by atoms with E-state index in [1.807, 2.05) is 7.05 Å². The Morgan fingerprint density at radius 3 is 2.20 bits per heavy atom. The molecule has 0 unspecified atom stereocenters. The molecule has 2 N–H and O–H groups in total. The zero-order chi connectivity index (χ0) is 11.1. The van der Waals surface area contributed by atoms with E-state index in [2.05, 4.69) is 4.90 Å². The molecule has 0 atom stereocenters. The van der Waals surface area contributed by atoms with Gasteiger partial charge in [0.05, 0.1) is 4.90 Å². The van der Waals surface area contributed by atoms with E-state index in [-0.39, 0.29) is 4.90 Å². The van der Waals surface area contributed by atoms with Gasteiger partial charge in [0, 0.05) is 18.8 Å². The molecule has 0 bridgehead atoms. The van der Waals surface area contributed by atoms with Crippen LogP contribution in [0.5, 0.6) is 0 Å². The van der Waals surface area contributed by atoms with E-state index in [1.165, 1.54) is 12.8 Å². The molecule has 2 rings (SSSR count). The summed E-state index contributed by atoms with van der Waals surface area (Å²) in [6.07, 6.45) is 2.43. The van der Waals surface area contributed by atoms with Gasteiger partial charge in [-0.1, -0.05) is 0 Å². The van der Waals surface area contributed by atoms with Gasteiger partial charge in [0.1, 0.15) is 0 Å². The molecule has 1 fully saturated rings. The lowest BCUT2D eigenvalue weighted by atomic mass is 10.3. The van der Waals surface area contributed by atoms with Gasteiger partial charge in [0.2, 0.25) is 10.0 Å². The lowest BCUT2D eigenvalue weighted by Gasteiger charge is -2.18. The van der Waals surface area contributed by atoms with Crippen LogP contribution in [0.4, 0.5) is 5.69 Å². The van der Waals surface area contributed by atoms with Crippen molar-refractivity contribution in [1.29, 1.82) is 0 Å². The molecule has 1 aliphatic carbocycles. The molecule has 1 saturated carbocycles. The molecule has 0 heterocycles. The Balaban J connectivity index is 2.23. The Morgan fingerprint density at radius 2 is 1.80 bits per heavy atom. The number of nitrogens with two attached hydrogens (primary N) is 1. The monoisotopic (exact) mass is 226 g/mol. The van der Waals surface area contributed by atoms with Gasteiger partial charge >= 0.3 is 0 Å². The van der Waals surface area contributed by atoms with Crippen LogP contribution >= 0.6 is 0 Å². The third-order valence-electron chi connectivity index (χ3n) is 2.67. The first-order valence-electron chi connectivity index (χ1n) is 4.84. The highest BCUT2D eigenvalue weighted by Gasteiger charge is 2.26. The summed E-state index contributed by atoms with van der Waals surface area (Å²) in [5, 5.41) is 5.01. The largest absolute Gasteiger partial charge is 0.372 e. The Bertz CT molecular complexity index is 449.